The van der Waals surface area contributed by atoms with E-state index in [-0.39, 0.29) is 5.91 Å². The number of hydrogen-bond donors (Lipinski definition) is 0. The van der Waals surface area contributed by atoms with Crippen molar-refractivity contribution < 1.29 is 14.3 Å². The number of ether oxygens (including phenoxy) is 2. The van der Waals surface area contributed by atoms with Crippen LogP contribution in [0.25, 0.3) is 6.08 Å². The third-order valence-electron chi connectivity index (χ3n) is 3.68. The summed E-state index contributed by atoms with van der Waals surface area (Å²) >= 11 is 16.0. The van der Waals surface area contributed by atoms with Crippen LogP contribution in [0.1, 0.15) is 5.56 Å². The third kappa shape index (κ3) is 5.04. The number of thioether (sulfide) groups is 1. The van der Waals surface area contributed by atoms with Gasteiger partial charge < -0.3 is 9.47 Å². The van der Waals surface area contributed by atoms with Crippen molar-refractivity contribution in [2.24, 2.45) is 0 Å². The molecule has 0 aliphatic carbocycles. The Labute approximate surface area is 180 Å². The standard InChI is InChI=1S/C19H15BrClNO3S2/c1-22-18(23)17(27-19(22)26)11-12-10-13(20)6-7-15(12)24-8-9-25-16-5-3-2-4-14(16)21/h2-7,10-11H,8-9H2,1H3. The number of rotatable bonds is 6. The van der Waals surface area contributed by atoms with Crippen molar-refractivity contribution in [3.05, 3.63) is 62.4 Å². The number of hydrogen-bond acceptors (Lipinski definition) is 5. The van der Waals surface area contributed by atoms with Gasteiger partial charge in [0.15, 0.2) is 0 Å². The molecule has 1 heterocycles. The van der Waals surface area contributed by atoms with E-state index in [0.29, 0.717) is 39.0 Å². The van der Waals surface area contributed by atoms with E-state index in [2.05, 4.69) is 15.9 Å². The number of thiocarbonyl (C=S) groups is 1. The molecule has 8 heteroatoms. The highest BCUT2D eigenvalue weighted by atomic mass is 79.9. The number of halogens is 2. The Morgan fingerprint density at radius 3 is 2.56 bits per heavy atom. The number of carbonyl (C=O) groups is 1. The number of likely N-dealkylation sites (N-methyl/N-ethyl adjacent to an activating group) is 1. The van der Waals surface area contributed by atoms with Gasteiger partial charge in [0, 0.05) is 17.1 Å². The lowest BCUT2D eigenvalue weighted by molar-refractivity contribution is -0.121. The fourth-order valence-corrected chi connectivity index (χ4v) is 4.05. The lowest BCUT2D eigenvalue weighted by atomic mass is 10.2. The smallest absolute Gasteiger partial charge is 0.265 e. The molecular weight excluding hydrogens is 470 g/mol. The van der Waals surface area contributed by atoms with Gasteiger partial charge in [-0.3, -0.25) is 9.69 Å². The zero-order chi connectivity index (χ0) is 19.4. The molecule has 1 fully saturated rings. The van der Waals surface area contributed by atoms with Crippen LogP contribution in [-0.2, 0) is 4.79 Å². The molecule has 0 saturated carbocycles. The molecule has 1 aliphatic rings. The molecule has 1 aliphatic heterocycles. The molecule has 27 heavy (non-hydrogen) atoms. The topological polar surface area (TPSA) is 38.8 Å². The van der Waals surface area contributed by atoms with Crippen molar-refractivity contribution in [1.82, 2.24) is 4.90 Å². The predicted molar refractivity (Wildman–Crippen MR) is 118 cm³/mol. The minimum atomic E-state index is -0.113. The van der Waals surface area contributed by atoms with Crippen LogP contribution in [0.4, 0.5) is 0 Å². The van der Waals surface area contributed by atoms with E-state index in [1.54, 1.807) is 25.3 Å². The first-order valence-electron chi connectivity index (χ1n) is 7.97. The van der Waals surface area contributed by atoms with Crippen molar-refractivity contribution in [3.63, 3.8) is 0 Å². The molecule has 2 aromatic carbocycles. The molecule has 4 nitrogen and oxygen atoms in total. The summed E-state index contributed by atoms with van der Waals surface area (Å²) in [4.78, 5) is 14.3. The molecule has 140 valence electrons. The van der Waals surface area contributed by atoms with Crippen molar-refractivity contribution in [1.29, 1.82) is 0 Å². The van der Waals surface area contributed by atoms with Gasteiger partial charge >= 0.3 is 0 Å². The first-order chi connectivity index (χ1) is 13.0. The largest absolute Gasteiger partial charge is 0.489 e. The average Bonchev–Trinajstić information content (AvgIpc) is 2.88. The summed E-state index contributed by atoms with van der Waals surface area (Å²) in [5.41, 5.74) is 0.788. The van der Waals surface area contributed by atoms with Crippen molar-refractivity contribution >= 4 is 67.8 Å². The Balaban J connectivity index is 1.69. The molecular formula is C19H15BrClNO3S2. The summed E-state index contributed by atoms with van der Waals surface area (Å²) in [6.07, 6.45) is 1.79. The van der Waals surface area contributed by atoms with Gasteiger partial charge in [0.1, 0.15) is 29.0 Å². The van der Waals surface area contributed by atoms with Crippen LogP contribution in [0.5, 0.6) is 11.5 Å². The van der Waals surface area contributed by atoms with E-state index in [4.69, 9.17) is 33.3 Å². The summed E-state index contributed by atoms with van der Waals surface area (Å²) < 4.78 is 12.9. The van der Waals surface area contributed by atoms with Gasteiger partial charge in [-0.1, -0.05) is 63.6 Å². The average molecular weight is 485 g/mol. The summed E-state index contributed by atoms with van der Waals surface area (Å²) in [5, 5.41) is 0.559. The molecule has 0 radical (unpaired) electrons. The Kier molecular flexibility index (Phi) is 6.81. The fourth-order valence-electron chi connectivity index (χ4n) is 2.32. The normalized spacial score (nSPS) is 15.5. The van der Waals surface area contributed by atoms with Crippen LogP contribution in [-0.4, -0.2) is 35.4 Å². The summed E-state index contributed by atoms with van der Waals surface area (Å²) in [6, 6.07) is 12.9. The molecule has 0 atom stereocenters. The third-order valence-corrected chi connectivity index (χ3v) is 5.97. The number of carbonyl (C=O) groups excluding carboxylic acids is 1. The molecule has 0 spiro atoms. The molecule has 0 aromatic heterocycles. The van der Waals surface area contributed by atoms with Crippen LogP contribution >= 0.6 is 51.5 Å². The van der Waals surface area contributed by atoms with Gasteiger partial charge in [0.25, 0.3) is 5.91 Å². The summed E-state index contributed by atoms with van der Waals surface area (Å²) in [7, 11) is 1.67. The van der Waals surface area contributed by atoms with E-state index < -0.39 is 0 Å². The second-order valence-corrected chi connectivity index (χ2v) is 8.55. The van der Waals surface area contributed by atoms with E-state index in [1.807, 2.05) is 30.3 Å². The number of para-hydroxylation sites is 1. The molecule has 0 unspecified atom stereocenters. The maximum atomic E-state index is 12.2. The maximum absolute atomic E-state index is 12.2. The van der Waals surface area contributed by atoms with E-state index in [1.165, 1.54) is 16.7 Å². The van der Waals surface area contributed by atoms with Crippen molar-refractivity contribution in [3.8, 4) is 11.5 Å². The van der Waals surface area contributed by atoms with Crippen LogP contribution in [0.2, 0.25) is 5.02 Å². The lowest BCUT2D eigenvalue weighted by Gasteiger charge is -2.12. The maximum Gasteiger partial charge on any atom is 0.265 e. The Morgan fingerprint density at radius 2 is 1.89 bits per heavy atom. The Bertz CT molecular complexity index is 920. The molecule has 2 aromatic rings. The van der Waals surface area contributed by atoms with E-state index >= 15 is 0 Å². The Morgan fingerprint density at radius 1 is 1.19 bits per heavy atom. The van der Waals surface area contributed by atoms with Gasteiger partial charge in [-0.2, -0.15) is 0 Å². The molecule has 0 N–H and O–H groups in total. The van der Waals surface area contributed by atoms with Gasteiger partial charge in [-0.15, -0.1) is 0 Å². The first kappa shape index (κ1) is 20.2. The SMILES string of the molecule is CN1C(=O)C(=Cc2cc(Br)ccc2OCCOc2ccccc2Cl)SC1=S. The highest BCUT2D eigenvalue weighted by molar-refractivity contribution is 9.10. The molecule has 1 saturated heterocycles. The van der Waals surface area contributed by atoms with Gasteiger partial charge in [0.05, 0.1) is 9.93 Å². The minimum absolute atomic E-state index is 0.113. The second-order valence-electron chi connectivity index (χ2n) is 5.55. The predicted octanol–water partition coefficient (Wildman–Crippen LogP) is 5.39. The highest BCUT2D eigenvalue weighted by Crippen LogP contribution is 2.34. The molecule has 3 rings (SSSR count). The van der Waals surface area contributed by atoms with Crippen LogP contribution in [0.15, 0.2) is 51.8 Å². The number of nitrogens with zero attached hydrogens (tertiary/aromatic N) is 1. The van der Waals surface area contributed by atoms with E-state index in [0.717, 1.165) is 10.0 Å². The zero-order valence-corrected chi connectivity index (χ0v) is 18.3. The second kappa shape index (κ2) is 9.10. The summed E-state index contributed by atoms with van der Waals surface area (Å²) in [6.45, 7) is 0.679. The monoisotopic (exact) mass is 483 g/mol. The van der Waals surface area contributed by atoms with Crippen molar-refractivity contribution in [2.45, 2.75) is 0 Å². The molecule has 1 amide bonds. The van der Waals surface area contributed by atoms with Crippen LogP contribution in [0.3, 0.4) is 0 Å². The number of amides is 1. The highest BCUT2D eigenvalue weighted by Gasteiger charge is 2.28. The lowest BCUT2D eigenvalue weighted by Crippen LogP contribution is -2.22. The Hall–Kier alpha value is -1.54. The van der Waals surface area contributed by atoms with Crippen LogP contribution < -0.4 is 9.47 Å². The summed E-state index contributed by atoms with van der Waals surface area (Å²) in [5.74, 6) is 1.16. The molecule has 0 bridgehead atoms. The van der Waals surface area contributed by atoms with Crippen LogP contribution in [0, 0.1) is 0 Å². The number of benzene rings is 2. The van der Waals surface area contributed by atoms with Gasteiger partial charge in [0.2, 0.25) is 0 Å². The minimum Gasteiger partial charge on any atom is -0.489 e. The zero-order valence-electron chi connectivity index (χ0n) is 14.3. The quantitative estimate of drug-likeness (QED) is 0.312. The van der Waals surface area contributed by atoms with Crippen molar-refractivity contribution in [2.75, 3.05) is 20.3 Å². The first-order valence-corrected chi connectivity index (χ1v) is 10.4. The van der Waals surface area contributed by atoms with Gasteiger partial charge in [-0.05, 0) is 36.4 Å². The van der Waals surface area contributed by atoms with Gasteiger partial charge in [-0.25, -0.2) is 0 Å². The fraction of sp³-hybridized carbons (Fsp3) is 0.158. The van der Waals surface area contributed by atoms with E-state index in [9.17, 15) is 4.79 Å².